The first kappa shape index (κ1) is 19.5. The van der Waals surface area contributed by atoms with E-state index in [1.54, 1.807) is 0 Å². The average Bonchev–Trinajstić information content (AvgIpc) is 3.09. The van der Waals surface area contributed by atoms with Gasteiger partial charge in [0.1, 0.15) is 6.54 Å². The van der Waals surface area contributed by atoms with Crippen LogP contribution in [-0.2, 0) is 16.1 Å². The minimum absolute atomic E-state index is 0.184. The summed E-state index contributed by atoms with van der Waals surface area (Å²) in [6.07, 6.45) is 3.40. The summed E-state index contributed by atoms with van der Waals surface area (Å²) >= 11 is 0. The Kier molecular flexibility index (Phi) is 6.21. The van der Waals surface area contributed by atoms with Crippen LogP contribution in [-0.4, -0.2) is 47.8 Å². The van der Waals surface area contributed by atoms with Crippen LogP contribution in [0.25, 0.3) is 0 Å². The number of rotatable bonds is 7. The molecule has 3 rings (SSSR count). The van der Waals surface area contributed by atoms with Crippen LogP contribution in [0.1, 0.15) is 38.7 Å². The second kappa shape index (κ2) is 8.61. The summed E-state index contributed by atoms with van der Waals surface area (Å²) in [5, 5.41) is 11.3. The normalized spacial score (nSPS) is 24.0. The predicted molar refractivity (Wildman–Crippen MR) is 99.6 cm³/mol. The fourth-order valence-corrected chi connectivity index (χ4v) is 4.05. The second-order valence-corrected chi connectivity index (χ2v) is 7.60. The number of ether oxygens (including phenoxy) is 2. The molecular weight excluding hydrogens is 348 g/mol. The van der Waals surface area contributed by atoms with E-state index < -0.39 is 5.97 Å². The van der Waals surface area contributed by atoms with Crippen LogP contribution in [0.3, 0.4) is 0 Å². The van der Waals surface area contributed by atoms with Gasteiger partial charge in [-0.3, -0.25) is 14.5 Å². The Morgan fingerprint density at radius 3 is 2.78 bits per heavy atom. The summed E-state index contributed by atoms with van der Waals surface area (Å²) in [6, 6.07) is 6.14. The van der Waals surface area contributed by atoms with Gasteiger partial charge in [-0.05, 0) is 36.0 Å². The van der Waals surface area contributed by atoms with Gasteiger partial charge in [-0.15, -0.1) is 0 Å². The fraction of sp³-hybridized carbons (Fsp3) is 0.600. The molecule has 2 aliphatic rings. The third-order valence-corrected chi connectivity index (χ3v) is 5.74. The third-order valence-electron chi connectivity index (χ3n) is 5.74. The van der Waals surface area contributed by atoms with Crippen molar-refractivity contribution in [3.05, 3.63) is 23.8 Å². The molecule has 1 aromatic carbocycles. The van der Waals surface area contributed by atoms with Crippen molar-refractivity contribution in [2.45, 2.75) is 45.7 Å². The van der Waals surface area contributed by atoms with E-state index in [1.165, 1.54) is 6.42 Å². The molecule has 1 aliphatic carbocycles. The summed E-state index contributed by atoms with van der Waals surface area (Å²) in [7, 11) is 0. The van der Waals surface area contributed by atoms with Gasteiger partial charge in [-0.25, -0.2) is 0 Å². The van der Waals surface area contributed by atoms with Gasteiger partial charge in [0.15, 0.2) is 11.5 Å². The van der Waals surface area contributed by atoms with E-state index in [2.05, 4.69) is 24.1 Å². The van der Waals surface area contributed by atoms with Gasteiger partial charge in [0.25, 0.3) is 0 Å². The zero-order chi connectivity index (χ0) is 19.4. The average molecular weight is 376 g/mol. The Morgan fingerprint density at radius 2 is 2.00 bits per heavy atom. The van der Waals surface area contributed by atoms with Crippen LogP contribution >= 0.6 is 0 Å². The van der Waals surface area contributed by atoms with Crippen LogP contribution in [0.15, 0.2) is 18.2 Å². The molecule has 1 heterocycles. The number of carbonyl (C=O) groups is 2. The smallest absolute Gasteiger partial charge is 0.322 e. The van der Waals surface area contributed by atoms with E-state index in [9.17, 15) is 9.59 Å². The molecule has 0 radical (unpaired) electrons. The Labute approximate surface area is 159 Å². The van der Waals surface area contributed by atoms with Gasteiger partial charge in [0.05, 0.1) is 6.54 Å². The van der Waals surface area contributed by atoms with Gasteiger partial charge in [0.2, 0.25) is 12.7 Å². The van der Waals surface area contributed by atoms with Crippen LogP contribution in [0.4, 0.5) is 0 Å². The zero-order valence-electron chi connectivity index (χ0n) is 15.9. The number of aliphatic carboxylic acids is 1. The topological polar surface area (TPSA) is 88.1 Å². The van der Waals surface area contributed by atoms with Crippen LogP contribution in [0.2, 0.25) is 0 Å². The number of amides is 1. The Hall–Kier alpha value is -2.28. The van der Waals surface area contributed by atoms with Crippen molar-refractivity contribution < 1.29 is 24.2 Å². The van der Waals surface area contributed by atoms with Crippen molar-refractivity contribution >= 4 is 11.9 Å². The SMILES string of the molecule is CC1CCCC(N(CC(=O)NCC(=O)O)Cc2ccc3c(c2)OCO3)C1C. The predicted octanol–water partition coefficient (Wildman–Crippen LogP) is 2.24. The molecule has 1 fully saturated rings. The molecule has 3 atom stereocenters. The molecule has 27 heavy (non-hydrogen) atoms. The fourth-order valence-electron chi connectivity index (χ4n) is 4.05. The van der Waals surface area contributed by atoms with Crippen molar-refractivity contribution in [3.8, 4) is 11.5 Å². The number of nitrogens with one attached hydrogen (secondary N) is 1. The first-order valence-electron chi connectivity index (χ1n) is 9.55. The monoisotopic (exact) mass is 376 g/mol. The summed E-state index contributed by atoms with van der Waals surface area (Å²) in [5.74, 6) is 1.25. The highest BCUT2D eigenvalue weighted by Crippen LogP contribution is 2.35. The van der Waals surface area contributed by atoms with Crippen molar-refractivity contribution in [1.29, 1.82) is 0 Å². The van der Waals surface area contributed by atoms with E-state index in [-0.39, 0.29) is 31.8 Å². The number of hydrogen-bond donors (Lipinski definition) is 2. The molecule has 7 nitrogen and oxygen atoms in total. The van der Waals surface area contributed by atoms with Crippen LogP contribution in [0, 0.1) is 11.8 Å². The summed E-state index contributed by atoms with van der Waals surface area (Å²) in [4.78, 5) is 25.2. The molecule has 148 valence electrons. The number of carboxylic acids is 1. The van der Waals surface area contributed by atoms with Crippen molar-refractivity contribution in [2.75, 3.05) is 19.9 Å². The Bertz CT molecular complexity index is 693. The molecule has 0 aromatic heterocycles. The summed E-state index contributed by atoms with van der Waals surface area (Å²) in [6.45, 7) is 5.18. The maximum atomic E-state index is 12.3. The highest BCUT2D eigenvalue weighted by molar-refractivity contribution is 5.82. The van der Waals surface area contributed by atoms with E-state index in [1.807, 2.05) is 18.2 Å². The van der Waals surface area contributed by atoms with Gasteiger partial charge >= 0.3 is 5.97 Å². The first-order valence-corrected chi connectivity index (χ1v) is 9.55. The number of carboxylic acid groups (broad SMARTS) is 1. The molecule has 2 N–H and O–H groups in total. The van der Waals surface area contributed by atoms with Gasteiger partial charge in [0, 0.05) is 12.6 Å². The molecule has 7 heteroatoms. The minimum atomic E-state index is -1.04. The van der Waals surface area contributed by atoms with Crippen molar-refractivity contribution in [2.24, 2.45) is 11.8 Å². The lowest BCUT2D eigenvalue weighted by molar-refractivity contribution is -0.138. The summed E-state index contributed by atoms with van der Waals surface area (Å²) in [5.41, 5.74) is 1.05. The molecule has 1 aliphatic heterocycles. The number of benzene rings is 1. The highest BCUT2D eigenvalue weighted by Gasteiger charge is 2.32. The molecule has 1 aromatic rings. The van der Waals surface area contributed by atoms with E-state index in [0.717, 1.165) is 29.9 Å². The molecule has 0 spiro atoms. The van der Waals surface area contributed by atoms with E-state index >= 15 is 0 Å². The molecule has 3 unspecified atom stereocenters. The lowest BCUT2D eigenvalue weighted by Crippen LogP contribution is -2.48. The first-order chi connectivity index (χ1) is 12.9. The minimum Gasteiger partial charge on any atom is -0.480 e. The Morgan fingerprint density at radius 1 is 1.22 bits per heavy atom. The van der Waals surface area contributed by atoms with E-state index in [0.29, 0.717) is 18.4 Å². The van der Waals surface area contributed by atoms with Crippen LogP contribution < -0.4 is 14.8 Å². The standard InChI is InChI=1S/C20H28N2O5/c1-13-4-3-5-16(14(13)2)22(11-19(23)21-9-20(24)25)10-15-6-7-17-18(8-15)27-12-26-17/h6-8,13-14,16H,3-5,9-12H2,1-2H3,(H,21,23)(H,24,25). The molecule has 0 bridgehead atoms. The second-order valence-electron chi connectivity index (χ2n) is 7.60. The largest absolute Gasteiger partial charge is 0.480 e. The maximum Gasteiger partial charge on any atom is 0.322 e. The van der Waals surface area contributed by atoms with Crippen LogP contribution in [0.5, 0.6) is 11.5 Å². The van der Waals surface area contributed by atoms with Crippen molar-refractivity contribution in [3.63, 3.8) is 0 Å². The number of carbonyl (C=O) groups excluding carboxylic acids is 1. The molecular formula is C20H28N2O5. The number of nitrogens with zero attached hydrogens (tertiary/aromatic N) is 1. The zero-order valence-corrected chi connectivity index (χ0v) is 15.9. The van der Waals surface area contributed by atoms with Crippen molar-refractivity contribution in [1.82, 2.24) is 10.2 Å². The lowest BCUT2D eigenvalue weighted by atomic mass is 9.77. The lowest BCUT2D eigenvalue weighted by Gasteiger charge is -2.41. The quantitative estimate of drug-likeness (QED) is 0.759. The molecule has 1 saturated carbocycles. The van der Waals surface area contributed by atoms with E-state index in [4.69, 9.17) is 14.6 Å². The van der Waals surface area contributed by atoms with Gasteiger partial charge in [-0.1, -0.05) is 32.8 Å². The molecule has 1 amide bonds. The number of hydrogen-bond acceptors (Lipinski definition) is 5. The summed E-state index contributed by atoms with van der Waals surface area (Å²) < 4.78 is 10.8. The maximum absolute atomic E-state index is 12.3. The molecule has 0 saturated heterocycles. The third kappa shape index (κ3) is 4.91. The van der Waals surface area contributed by atoms with Gasteiger partial charge < -0.3 is 19.9 Å². The highest BCUT2D eigenvalue weighted by atomic mass is 16.7. The number of fused-ring (bicyclic) bond motifs is 1. The Balaban J connectivity index is 1.74. The van der Waals surface area contributed by atoms with Gasteiger partial charge in [-0.2, -0.15) is 0 Å².